The molecule has 7 nitrogen and oxygen atoms in total. The lowest BCUT2D eigenvalue weighted by Crippen LogP contribution is -2.50. The summed E-state index contributed by atoms with van der Waals surface area (Å²) >= 11 is 0. The van der Waals surface area contributed by atoms with Crippen LogP contribution in [0, 0.1) is 5.92 Å². The molecule has 1 aromatic rings. The Bertz CT molecular complexity index is 783. The van der Waals surface area contributed by atoms with Crippen LogP contribution < -0.4 is 10.6 Å². The molecule has 0 saturated carbocycles. The molecule has 2 N–H and O–H groups in total. The molecule has 0 bridgehead atoms. The van der Waals surface area contributed by atoms with Crippen LogP contribution in [0.1, 0.15) is 51.2 Å². The molecule has 2 heterocycles. The van der Waals surface area contributed by atoms with E-state index in [1.54, 1.807) is 4.31 Å². The summed E-state index contributed by atoms with van der Waals surface area (Å²) < 4.78 is 32.2. The molecule has 3 rings (SSSR count). The first-order valence-corrected chi connectivity index (χ1v) is 12.8. The zero-order valence-corrected chi connectivity index (χ0v) is 21.8. The van der Waals surface area contributed by atoms with E-state index in [-0.39, 0.29) is 41.9 Å². The molecule has 2 aliphatic heterocycles. The molecule has 0 amide bonds. The standard InChI is InChI=1S/C22H36N4O3S.HI/c1-3-16-30(27,28)26-13-10-20(11-14-26)25-22(23-4-2)24-17-19-12-15-29-21(19)18-8-6-5-7-9-18;/h5-9,19-21H,3-4,10-17H2,1-2H3,(H2,23,24,25);1H. The van der Waals surface area contributed by atoms with Crippen molar-refractivity contribution in [2.24, 2.45) is 10.9 Å². The number of aliphatic imine (C=N–C) groups is 1. The fourth-order valence-corrected chi connectivity index (χ4v) is 5.76. The third-order valence-corrected chi connectivity index (χ3v) is 7.90. The van der Waals surface area contributed by atoms with Crippen molar-refractivity contribution in [1.82, 2.24) is 14.9 Å². The maximum Gasteiger partial charge on any atom is 0.214 e. The first-order chi connectivity index (χ1) is 14.5. The summed E-state index contributed by atoms with van der Waals surface area (Å²) in [7, 11) is -3.10. The van der Waals surface area contributed by atoms with Gasteiger partial charge in [0, 0.05) is 44.7 Å². The summed E-state index contributed by atoms with van der Waals surface area (Å²) in [5.74, 6) is 1.41. The lowest BCUT2D eigenvalue weighted by atomic mass is 9.95. The number of hydrogen-bond donors (Lipinski definition) is 2. The zero-order valence-electron chi connectivity index (χ0n) is 18.6. The summed E-state index contributed by atoms with van der Waals surface area (Å²) in [5, 5.41) is 6.85. The van der Waals surface area contributed by atoms with Crippen molar-refractivity contribution in [3.63, 3.8) is 0 Å². The minimum atomic E-state index is -3.10. The molecular weight excluding hydrogens is 527 g/mol. The third-order valence-electron chi connectivity index (χ3n) is 5.82. The van der Waals surface area contributed by atoms with Crippen LogP contribution in [0.4, 0.5) is 0 Å². The lowest BCUT2D eigenvalue weighted by molar-refractivity contribution is 0.0925. The topological polar surface area (TPSA) is 83.0 Å². The van der Waals surface area contributed by atoms with Crippen LogP contribution in [0.25, 0.3) is 0 Å². The summed E-state index contributed by atoms with van der Waals surface area (Å²) in [6.45, 7) is 7.38. The Balaban J connectivity index is 0.00000341. The molecule has 2 atom stereocenters. The van der Waals surface area contributed by atoms with E-state index in [2.05, 4.69) is 41.8 Å². The molecule has 0 aromatic heterocycles. The molecular formula is C22H37IN4O3S. The average Bonchev–Trinajstić information content (AvgIpc) is 3.22. The van der Waals surface area contributed by atoms with Gasteiger partial charge < -0.3 is 15.4 Å². The van der Waals surface area contributed by atoms with Crippen molar-refractivity contribution >= 4 is 40.0 Å². The van der Waals surface area contributed by atoms with Crippen LogP contribution in [-0.4, -0.2) is 63.3 Å². The van der Waals surface area contributed by atoms with Gasteiger partial charge in [-0.15, -0.1) is 24.0 Å². The monoisotopic (exact) mass is 564 g/mol. The largest absolute Gasteiger partial charge is 0.373 e. The highest BCUT2D eigenvalue weighted by atomic mass is 127. The van der Waals surface area contributed by atoms with Gasteiger partial charge in [0.15, 0.2) is 5.96 Å². The Morgan fingerprint density at radius 2 is 1.87 bits per heavy atom. The molecule has 0 aliphatic carbocycles. The predicted octanol–water partition coefficient (Wildman–Crippen LogP) is 3.14. The molecule has 1 aromatic carbocycles. The number of halogens is 1. The highest BCUT2D eigenvalue weighted by molar-refractivity contribution is 14.0. The van der Waals surface area contributed by atoms with Gasteiger partial charge in [0.1, 0.15) is 0 Å². The van der Waals surface area contributed by atoms with E-state index < -0.39 is 10.0 Å². The third kappa shape index (κ3) is 7.57. The molecule has 9 heteroatoms. The smallest absolute Gasteiger partial charge is 0.214 e. The lowest BCUT2D eigenvalue weighted by Gasteiger charge is -2.32. The molecule has 2 aliphatic rings. The SMILES string of the molecule is CCCS(=O)(=O)N1CCC(NC(=NCC2CCOC2c2ccccc2)NCC)CC1.I. The van der Waals surface area contributed by atoms with E-state index in [0.717, 1.165) is 38.4 Å². The second-order valence-electron chi connectivity index (χ2n) is 8.10. The molecule has 0 radical (unpaired) electrons. The van der Waals surface area contributed by atoms with Crippen LogP contribution in [0.15, 0.2) is 35.3 Å². The van der Waals surface area contributed by atoms with E-state index in [1.807, 2.05) is 13.0 Å². The minimum absolute atomic E-state index is 0. The molecule has 31 heavy (non-hydrogen) atoms. The Kier molecular flexibility index (Phi) is 11.0. The molecule has 2 unspecified atom stereocenters. The summed E-state index contributed by atoms with van der Waals surface area (Å²) in [4.78, 5) is 4.85. The molecule has 2 fully saturated rings. The Morgan fingerprint density at radius 1 is 1.16 bits per heavy atom. The maximum atomic E-state index is 12.3. The van der Waals surface area contributed by atoms with Gasteiger partial charge in [-0.2, -0.15) is 0 Å². The van der Waals surface area contributed by atoms with E-state index in [4.69, 9.17) is 9.73 Å². The van der Waals surface area contributed by atoms with E-state index in [1.165, 1.54) is 5.56 Å². The van der Waals surface area contributed by atoms with Gasteiger partial charge in [-0.1, -0.05) is 37.3 Å². The number of nitrogens with zero attached hydrogens (tertiary/aromatic N) is 2. The first-order valence-electron chi connectivity index (χ1n) is 11.2. The van der Waals surface area contributed by atoms with Crippen molar-refractivity contribution < 1.29 is 13.2 Å². The number of benzene rings is 1. The van der Waals surface area contributed by atoms with Crippen LogP contribution in [-0.2, 0) is 14.8 Å². The summed E-state index contributed by atoms with van der Waals surface area (Å²) in [5.41, 5.74) is 1.22. The van der Waals surface area contributed by atoms with Gasteiger partial charge in [0.05, 0.1) is 11.9 Å². The first kappa shape index (κ1) is 26.3. The van der Waals surface area contributed by atoms with Gasteiger partial charge in [0.25, 0.3) is 0 Å². The van der Waals surface area contributed by atoms with Crippen molar-refractivity contribution in [1.29, 1.82) is 0 Å². The van der Waals surface area contributed by atoms with Crippen molar-refractivity contribution in [3.8, 4) is 0 Å². The van der Waals surface area contributed by atoms with E-state index in [9.17, 15) is 8.42 Å². The number of piperidine rings is 1. The van der Waals surface area contributed by atoms with Crippen LogP contribution in [0.5, 0.6) is 0 Å². The fourth-order valence-electron chi connectivity index (χ4n) is 4.22. The number of rotatable bonds is 8. The second kappa shape index (κ2) is 13.0. The second-order valence-corrected chi connectivity index (χ2v) is 10.2. The Labute approximate surface area is 204 Å². The summed E-state index contributed by atoms with van der Waals surface area (Å²) in [6, 6.07) is 10.6. The highest BCUT2D eigenvalue weighted by Gasteiger charge is 2.30. The van der Waals surface area contributed by atoms with Crippen molar-refractivity contribution in [2.45, 2.75) is 51.7 Å². The predicted molar refractivity (Wildman–Crippen MR) is 136 cm³/mol. The van der Waals surface area contributed by atoms with Gasteiger partial charge >= 0.3 is 0 Å². The van der Waals surface area contributed by atoms with Crippen molar-refractivity contribution in [3.05, 3.63) is 35.9 Å². The number of guanidine groups is 1. The van der Waals surface area contributed by atoms with Crippen LogP contribution in [0.2, 0.25) is 0 Å². The summed E-state index contributed by atoms with van der Waals surface area (Å²) in [6.07, 6.45) is 3.37. The number of hydrogen-bond acceptors (Lipinski definition) is 4. The highest BCUT2D eigenvalue weighted by Crippen LogP contribution is 2.34. The zero-order chi connectivity index (χ0) is 21.4. The Morgan fingerprint density at radius 3 is 2.52 bits per heavy atom. The number of nitrogens with one attached hydrogen (secondary N) is 2. The van der Waals surface area contributed by atoms with E-state index in [0.29, 0.717) is 32.0 Å². The maximum absolute atomic E-state index is 12.3. The molecule has 176 valence electrons. The minimum Gasteiger partial charge on any atom is -0.373 e. The Hall–Kier alpha value is -0.910. The van der Waals surface area contributed by atoms with Gasteiger partial charge in [-0.05, 0) is 38.2 Å². The normalized spacial score (nSPS) is 23.4. The quantitative estimate of drug-likeness (QED) is 0.288. The molecule has 0 spiro atoms. The molecule has 2 saturated heterocycles. The van der Waals surface area contributed by atoms with Gasteiger partial charge in [-0.3, -0.25) is 4.99 Å². The fraction of sp³-hybridized carbons (Fsp3) is 0.682. The van der Waals surface area contributed by atoms with Gasteiger partial charge in [0.2, 0.25) is 10.0 Å². The van der Waals surface area contributed by atoms with Gasteiger partial charge in [-0.25, -0.2) is 12.7 Å². The average molecular weight is 565 g/mol. The number of ether oxygens (including phenoxy) is 1. The van der Waals surface area contributed by atoms with Crippen LogP contribution in [0.3, 0.4) is 0 Å². The van der Waals surface area contributed by atoms with Crippen LogP contribution >= 0.6 is 24.0 Å². The van der Waals surface area contributed by atoms with Crippen molar-refractivity contribution in [2.75, 3.05) is 38.5 Å². The van der Waals surface area contributed by atoms with E-state index >= 15 is 0 Å². The number of sulfonamides is 1.